The van der Waals surface area contributed by atoms with E-state index in [2.05, 4.69) is 0 Å². The molecule has 0 aromatic heterocycles. The summed E-state index contributed by atoms with van der Waals surface area (Å²) in [4.78, 5) is 0. The van der Waals surface area contributed by atoms with E-state index in [4.69, 9.17) is 9.47 Å². The lowest BCUT2D eigenvalue weighted by Crippen LogP contribution is -2.40. The maximum absolute atomic E-state index is 14.2. The Kier molecular flexibility index (Phi) is 8.16. The molecule has 222 valence electrons. The highest BCUT2D eigenvalue weighted by Gasteiger charge is 2.60. The van der Waals surface area contributed by atoms with Crippen LogP contribution in [0.4, 0.5) is 19.9 Å². The summed E-state index contributed by atoms with van der Waals surface area (Å²) in [6.45, 7) is 2.30. The summed E-state index contributed by atoms with van der Waals surface area (Å²) in [5.41, 5.74) is 2.05. The Labute approximate surface area is 236 Å². The molecule has 0 saturated heterocycles. The minimum Gasteiger partial charge on any atom is -0.508 e. The lowest BCUT2D eigenvalue weighted by atomic mass is 9.65. The summed E-state index contributed by atoms with van der Waals surface area (Å²) < 4.78 is 80.4. The number of hydrogen-bond donors (Lipinski definition) is 2. The van der Waals surface area contributed by atoms with Gasteiger partial charge in [-0.05, 0) is 60.7 Å². The number of halogens is 5. The zero-order valence-electron chi connectivity index (χ0n) is 22.6. The summed E-state index contributed by atoms with van der Waals surface area (Å²) >= 11 is 0. The molecule has 4 nitrogen and oxygen atoms in total. The van der Waals surface area contributed by atoms with Crippen molar-refractivity contribution in [2.24, 2.45) is 0 Å². The van der Waals surface area contributed by atoms with E-state index in [0.717, 1.165) is 22.9 Å². The highest BCUT2D eigenvalue weighted by molar-refractivity contribution is 8.49. The van der Waals surface area contributed by atoms with E-state index >= 15 is 0 Å². The zero-order chi connectivity index (χ0) is 29.8. The number of aromatic hydroxyl groups is 2. The Morgan fingerprint density at radius 2 is 1.63 bits per heavy atom. The molecule has 0 spiro atoms. The Bertz CT molecular complexity index is 1450. The molecule has 0 aliphatic carbocycles. The third-order valence-electron chi connectivity index (χ3n) is 7.42. The number of hydrogen-bond acceptors (Lipinski definition) is 4. The molecule has 1 heterocycles. The van der Waals surface area contributed by atoms with Gasteiger partial charge < -0.3 is 19.7 Å². The minimum absolute atomic E-state index is 0.000789. The SMILES string of the molecule is CC1(c2ccc(O)cc2)COc2cc(O)ccc2C1c1cccc(OCCCCS(F)(F)(F)(F)CCCC#CF)c1. The number of phenolic OH excluding ortho intramolecular Hbond substituents is 2. The van der Waals surface area contributed by atoms with Crippen LogP contribution in [-0.4, -0.2) is 34.9 Å². The molecule has 2 N–H and O–H groups in total. The first-order chi connectivity index (χ1) is 19.2. The molecule has 1 aliphatic rings. The first-order valence-electron chi connectivity index (χ1n) is 13.3. The van der Waals surface area contributed by atoms with Crippen LogP contribution in [0.15, 0.2) is 66.7 Å². The summed E-state index contributed by atoms with van der Waals surface area (Å²) in [6, 6.07) is 19.1. The Morgan fingerprint density at radius 3 is 2.37 bits per heavy atom. The lowest BCUT2D eigenvalue weighted by molar-refractivity contribution is 0.182. The maximum atomic E-state index is 14.2. The number of phenols is 2. The van der Waals surface area contributed by atoms with Crippen molar-refractivity contribution in [2.75, 3.05) is 24.7 Å². The topological polar surface area (TPSA) is 58.9 Å². The third-order valence-corrected chi connectivity index (χ3v) is 9.81. The average molecular weight is 597 g/mol. The van der Waals surface area contributed by atoms with Crippen LogP contribution in [0.5, 0.6) is 23.0 Å². The van der Waals surface area contributed by atoms with Gasteiger partial charge in [-0.3, -0.25) is 0 Å². The first-order valence-corrected chi connectivity index (χ1v) is 15.7. The number of fused-ring (bicyclic) bond motifs is 1. The third kappa shape index (κ3) is 7.59. The maximum Gasteiger partial charge on any atom is 0.163 e. The van der Waals surface area contributed by atoms with E-state index in [9.17, 15) is 30.1 Å². The molecule has 0 fully saturated rings. The van der Waals surface area contributed by atoms with Gasteiger partial charge in [-0.25, -0.2) is 0 Å². The van der Waals surface area contributed by atoms with E-state index in [0.29, 0.717) is 11.5 Å². The van der Waals surface area contributed by atoms with Crippen molar-refractivity contribution in [3.8, 4) is 35.1 Å². The first kappa shape index (κ1) is 30.4. The van der Waals surface area contributed by atoms with E-state index in [-0.39, 0.29) is 43.5 Å². The van der Waals surface area contributed by atoms with Gasteiger partial charge in [-0.1, -0.05) is 43.2 Å². The zero-order valence-corrected chi connectivity index (χ0v) is 23.4. The van der Waals surface area contributed by atoms with Gasteiger partial charge >= 0.3 is 0 Å². The van der Waals surface area contributed by atoms with Gasteiger partial charge in [0, 0.05) is 29.4 Å². The summed E-state index contributed by atoms with van der Waals surface area (Å²) in [7, 11) is -8.22. The fourth-order valence-corrected chi connectivity index (χ4v) is 7.14. The summed E-state index contributed by atoms with van der Waals surface area (Å²) in [5, 5.41) is 19.8. The fraction of sp³-hybridized carbons (Fsp3) is 0.355. The standard InChI is InChI=1S/C31H33F5O4S/c1-31(24-10-12-25(37)13-11-24)22-40-29-21-26(38)14-15-28(29)30(31)23-8-7-9-27(20-23)39-17-4-6-19-41(33,34,35,36)18-5-2-3-16-32/h7-15,20-21,30,37-38H,2,4-6,17-19,22H2,1H3. The van der Waals surface area contributed by atoms with Crippen molar-refractivity contribution in [2.45, 2.75) is 43.9 Å². The average Bonchev–Trinajstić information content (AvgIpc) is 2.91. The highest BCUT2D eigenvalue weighted by atomic mass is 32.5. The fourth-order valence-electron chi connectivity index (χ4n) is 5.31. The molecule has 0 bridgehead atoms. The normalized spacial score (nSPS) is 20.0. The van der Waals surface area contributed by atoms with E-state index in [1.807, 2.05) is 37.1 Å². The van der Waals surface area contributed by atoms with Gasteiger partial charge in [0.05, 0.1) is 24.7 Å². The summed E-state index contributed by atoms with van der Waals surface area (Å²) in [5.74, 6) is -0.261. The second-order valence-electron chi connectivity index (χ2n) is 10.7. The highest BCUT2D eigenvalue weighted by Crippen LogP contribution is 2.96. The molecular formula is C31H33F5O4S. The van der Waals surface area contributed by atoms with Crippen molar-refractivity contribution in [1.82, 2.24) is 0 Å². The van der Waals surface area contributed by atoms with Crippen molar-refractivity contribution < 1.29 is 39.6 Å². The Hall–Kier alpha value is -3.58. The quantitative estimate of drug-likeness (QED) is 0.132. The molecule has 2 unspecified atom stereocenters. The van der Waals surface area contributed by atoms with Crippen LogP contribution in [0.3, 0.4) is 0 Å². The monoisotopic (exact) mass is 596 g/mol. The van der Waals surface area contributed by atoms with Gasteiger partial charge in [-0.15, -0.1) is 19.9 Å². The largest absolute Gasteiger partial charge is 0.508 e. The smallest absolute Gasteiger partial charge is 0.163 e. The molecule has 1 aliphatic heterocycles. The van der Waals surface area contributed by atoms with Crippen LogP contribution < -0.4 is 9.47 Å². The number of rotatable bonds is 11. The number of ether oxygens (including phenoxy) is 2. The second-order valence-corrected chi connectivity index (χ2v) is 14.4. The molecule has 0 amide bonds. The lowest BCUT2D eigenvalue weighted by Gasteiger charge is -2.50. The molecule has 3 aromatic carbocycles. The van der Waals surface area contributed by atoms with Crippen molar-refractivity contribution in [3.05, 3.63) is 83.4 Å². The van der Waals surface area contributed by atoms with Gasteiger partial charge in [0.1, 0.15) is 29.2 Å². The molecule has 41 heavy (non-hydrogen) atoms. The van der Waals surface area contributed by atoms with Crippen LogP contribution in [0.2, 0.25) is 0 Å². The molecule has 0 radical (unpaired) electrons. The van der Waals surface area contributed by atoms with Gasteiger partial charge in [0.15, 0.2) is 9.84 Å². The van der Waals surface area contributed by atoms with Crippen LogP contribution >= 0.6 is 9.84 Å². The predicted molar refractivity (Wildman–Crippen MR) is 152 cm³/mol. The van der Waals surface area contributed by atoms with E-state index < -0.39 is 39.6 Å². The Balaban J connectivity index is 1.49. The number of benzene rings is 3. The van der Waals surface area contributed by atoms with Crippen LogP contribution in [0.25, 0.3) is 0 Å². The second kappa shape index (κ2) is 11.0. The molecule has 0 saturated carbocycles. The Morgan fingerprint density at radius 1 is 0.927 bits per heavy atom. The number of unbranched alkanes of at least 4 members (excludes halogenated alkanes) is 2. The van der Waals surface area contributed by atoms with Crippen molar-refractivity contribution in [3.63, 3.8) is 0 Å². The predicted octanol–water partition coefficient (Wildman–Crippen LogP) is 8.86. The van der Waals surface area contributed by atoms with E-state index in [1.54, 1.807) is 42.5 Å². The van der Waals surface area contributed by atoms with Gasteiger partial charge in [-0.2, -0.15) is 0 Å². The van der Waals surface area contributed by atoms with Crippen LogP contribution in [0.1, 0.15) is 55.2 Å². The van der Waals surface area contributed by atoms with Gasteiger partial charge in [0.2, 0.25) is 0 Å². The van der Waals surface area contributed by atoms with Gasteiger partial charge in [0.25, 0.3) is 0 Å². The molecule has 10 heteroatoms. The van der Waals surface area contributed by atoms with Crippen molar-refractivity contribution in [1.29, 1.82) is 0 Å². The van der Waals surface area contributed by atoms with Crippen LogP contribution in [-0.2, 0) is 5.41 Å². The van der Waals surface area contributed by atoms with Crippen molar-refractivity contribution >= 4 is 9.84 Å². The molecule has 4 rings (SSSR count). The molecule has 2 atom stereocenters. The van der Waals surface area contributed by atoms with Crippen LogP contribution in [0, 0.1) is 12.1 Å². The van der Waals surface area contributed by atoms with E-state index in [1.165, 1.54) is 0 Å². The molecule has 3 aromatic rings. The molecular weight excluding hydrogens is 563 g/mol. The minimum atomic E-state index is -8.22. The summed E-state index contributed by atoms with van der Waals surface area (Å²) in [6.07, 6.45) is -0.306.